The number of rotatable bonds is 7. The fourth-order valence-electron chi connectivity index (χ4n) is 4.73. The highest BCUT2D eigenvalue weighted by Crippen LogP contribution is 2.43. The average molecular weight is 485 g/mol. The summed E-state index contributed by atoms with van der Waals surface area (Å²) in [5.74, 6) is -1.23. The standard InChI is InChI=1S/C30H32N2O4/c1-6-31(7-2)22-15-11-21(12-16-22)27-26(28(33)24-18-20(4)10-17-25(24)36-5)29(34)30(35)32(27)23-13-8-19(3)9-14-23/h8-18,27,33H,6-7H2,1-5H3/b28-26+. The fraction of sp³-hybridized carbons (Fsp3) is 0.267. The lowest BCUT2D eigenvalue weighted by Crippen LogP contribution is -2.29. The van der Waals surface area contributed by atoms with Crippen LogP contribution in [0.2, 0.25) is 0 Å². The SMILES string of the molecule is CCN(CC)c1ccc(C2/C(=C(\O)c3cc(C)ccc3OC)C(=O)C(=O)N2c2ccc(C)cc2)cc1. The zero-order valence-corrected chi connectivity index (χ0v) is 21.4. The van der Waals surface area contributed by atoms with Crippen LogP contribution in [0.4, 0.5) is 11.4 Å². The number of methoxy groups -OCH3 is 1. The maximum absolute atomic E-state index is 13.4. The Morgan fingerprint density at radius 1 is 0.917 bits per heavy atom. The molecule has 0 spiro atoms. The summed E-state index contributed by atoms with van der Waals surface area (Å²) >= 11 is 0. The number of amides is 1. The highest BCUT2D eigenvalue weighted by Gasteiger charge is 2.47. The summed E-state index contributed by atoms with van der Waals surface area (Å²) in [6.45, 7) is 9.78. The van der Waals surface area contributed by atoms with Crippen molar-refractivity contribution in [3.63, 3.8) is 0 Å². The van der Waals surface area contributed by atoms with E-state index in [9.17, 15) is 14.7 Å². The Morgan fingerprint density at radius 3 is 2.11 bits per heavy atom. The third-order valence-corrected chi connectivity index (χ3v) is 6.70. The highest BCUT2D eigenvalue weighted by molar-refractivity contribution is 6.51. The molecule has 1 aliphatic rings. The molecule has 0 aliphatic carbocycles. The van der Waals surface area contributed by atoms with Gasteiger partial charge in [-0.3, -0.25) is 14.5 Å². The van der Waals surface area contributed by atoms with Gasteiger partial charge in [-0.05, 0) is 69.7 Å². The molecule has 1 saturated heterocycles. The molecule has 6 heteroatoms. The van der Waals surface area contributed by atoms with Gasteiger partial charge >= 0.3 is 0 Å². The molecule has 1 fully saturated rings. The second kappa shape index (κ2) is 10.3. The Morgan fingerprint density at radius 2 is 1.53 bits per heavy atom. The lowest BCUT2D eigenvalue weighted by Gasteiger charge is -2.27. The molecule has 1 unspecified atom stereocenters. The number of nitrogens with zero attached hydrogens (tertiary/aromatic N) is 2. The number of carbonyl (C=O) groups excluding carboxylic acids is 2. The summed E-state index contributed by atoms with van der Waals surface area (Å²) in [6, 6.07) is 19.9. The maximum atomic E-state index is 13.4. The van der Waals surface area contributed by atoms with Crippen molar-refractivity contribution in [1.29, 1.82) is 0 Å². The molecule has 1 N–H and O–H groups in total. The Balaban J connectivity index is 1.93. The first-order valence-corrected chi connectivity index (χ1v) is 12.2. The second-order valence-electron chi connectivity index (χ2n) is 8.97. The predicted molar refractivity (Wildman–Crippen MR) is 144 cm³/mol. The monoisotopic (exact) mass is 484 g/mol. The van der Waals surface area contributed by atoms with E-state index in [2.05, 4.69) is 18.7 Å². The van der Waals surface area contributed by atoms with Gasteiger partial charge in [0.1, 0.15) is 11.5 Å². The summed E-state index contributed by atoms with van der Waals surface area (Å²) < 4.78 is 5.47. The summed E-state index contributed by atoms with van der Waals surface area (Å²) in [5, 5.41) is 11.5. The van der Waals surface area contributed by atoms with Gasteiger partial charge in [0.2, 0.25) is 0 Å². The first kappa shape index (κ1) is 25.0. The minimum absolute atomic E-state index is 0.0417. The Kier molecular flexibility index (Phi) is 7.15. The van der Waals surface area contributed by atoms with E-state index in [0.717, 1.165) is 35.5 Å². The van der Waals surface area contributed by atoms with Crippen molar-refractivity contribution in [2.24, 2.45) is 0 Å². The number of hydrogen-bond acceptors (Lipinski definition) is 5. The Hall–Kier alpha value is -4.06. The van der Waals surface area contributed by atoms with Crippen LogP contribution in [-0.4, -0.2) is 37.0 Å². The van der Waals surface area contributed by atoms with E-state index in [1.54, 1.807) is 12.1 Å². The molecule has 0 saturated carbocycles. The number of carbonyl (C=O) groups is 2. The van der Waals surface area contributed by atoms with Crippen LogP contribution in [0, 0.1) is 13.8 Å². The summed E-state index contributed by atoms with van der Waals surface area (Å²) in [7, 11) is 1.51. The van der Waals surface area contributed by atoms with Crippen LogP contribution in [0.1, 0.15) is 42.1 Å². The molecular weight excluding hydrogens is 452 g/mol. The number of aliphatic hydroxyl groups is 1. The molecule has 0 bridgehead atoms. The van der Waals surface area contributed by atoms with Crippen LogP contribution in [0.15, 0.2) is 72.3 Å². The quantitative estimate of drug-likeness (QED) is 0.261. The molecule has 1 aliphatic heterocycles. The van der Waals surface area contributed by atoms with Crippen LogP contribution < -0.4 is 14.5 Å². The van der Waals surface area contributed by atoms with Crippen LogP contribution in [-0.2, 0) is 9.59 Å². The third kappa shape index (κ3) is 4.47. The molecule has 6 nitrogen and oxygen atoms in total. The molecule has 36 heavy (non-hydrogen) atoms. The lowest BCUT2D eigenvalue weighted by atomic mass is 9.94. The highest BCUT2D eigenvalue weighted by atomic mass is 16.5. The second-order valence-corrected chi connectivity index (χ2v) is 8.97. The van der Waals surface area contributed by atoms with Crippen molar-refractivity contribution in [2.45, 2.75) is 33.7 Å². The van der Waals surface area contributed by atoms with Gasteiger partial charge in [-0.2, -0.15) is 0 Å². The van der Waals surface area contributed by atoms with E-state index in [1.807, 2.05) is 68.4 Å². The van der Waals surface area contributed by atoms with Crippen molar-refractivity contribution in [2.75, 3.05) is 30.0 Å². The number of benzene rings is 3. The van der Waals surface area contributed by atoms with Gasteiger partial charge < -0.3 is 14.7 Å². The van der Waals surface area contributed by atoms with Gasteiger partial charge in [0, 0.05) is 24.5 Å². The molecule has 3 aromatic carbocycles. The summed E-state index contributed by atoms with van der Waals surface area (Å²) in [5.41, 5.74) is 4.74. The van der Waals surface area contributed by atoms with Crippen molar-refractivity contribution in [3.05, 3.63) is 94.6 Å². The van der Waals surface area contributed by atoms with Crippen LogP contribution in [0.3, 0.4) is 0 Å². The average Bonchev–Trinajstić information content (AvgIpc) is 3.15. The minimum Gasteiger partial charge on any atom is -0.507 e. The number of ketones is 1. The van der Waals surface area contributed by atoms with Gasteiger partial charge in [0.15, 0.2) is 0 Å². The molecule has 1 atom stereocenters. The molecule has 0 aromatic heterocycles. The number of anilines is 2. The fourth-order valence-corrected chi connectivity index (χ4v) is 4.73. The van der Waals surface area contributed by atoms with E-state index in [1.165, 1.54) is 12.0 Å². The van der Waals surface area contributed by atoms with Crippen molar-refractivity contribution < 1.29 is 19.4 Å². The van der Waals surface area contributed by atoms with Crippen molar-refractivity contribution >= 4 is 28.8 Å². The van der Waals surface area contributed by atoms with Gasteiger partial charge in [0.05, 0.1) is 24.3 Å². The molecular formula is C30H32N2O4. The number of hydrogen-bond donors (Lipinski definition) is 1. The van der Waals surface area contributed by atoms with Gasteiger partial charge in [-0.15, -0.1) is 0 Å². The van der Waals surface area contributed by atoms with E-state index in [4.69, 9.17) is 4.74 Å². The first-order valence-electron chi connectivity index (χ1n) is 12.2. The van der Waals surface area contributed by atoms with Crippen LogP contribution in [0.5, 0.6) is 5.75 Å². The number of Topliss-reactive ketones (excluding diaryl/α,β-unsaturated/α-hetero) is 1. The Labute approximate surface area is 212 Å². The maximum Gasteiger partial charge on any atom is 0.300 e. The van der Waals surface area contributed by atoms with Crippen LogP contribution >= 0.6 is 0 Å². The van der Waals surface area contributed by atoms with Crippen molar-refractivity contribution in [3.8, 4) is 5.75 Å². The van der Waals surface area contributed by atoms with E-state index in [0.29, 0.717) is 17.0 Å². The normalized spacial score (nSPS) is 16.9. The van der Waals surface area contributed by atoms with Crippen molar-refractivity contribution in [1.82, 2.24) is 0 Å². The largest absolute Gasteiger partial charge is 0.507 e. The van der Waals surface area contributed by atoms with E-state index in [-0.39, 0.29) is 11.3 Å². The third-order valence-electron chi connectivity index (χ3n) is 6.70. The van der Waals surface area contributed by atoms with E-state index >= 15 is 0 Å². The smallest absolute Gasteiger partial charge is 0.300 e. The number of ether oxygens (including phenoxy) is 1. The minimum atomic E-state index is -0.788. The first-order chi connectivity index (χ1) is 17.3. The van der Waals surface area contributed by atoms with Gasteiger partial charge in [-0.25, -0.2) is 0 Å². The lowest BCUT2D eigenvalue weighted by molar-refractivity contribution is -0.132. The number of aryl methyl sites for hydroxylation is 2. The zero-order chi connectivity index (χ0) is 26.0. The Bertz CT molecular complexity index is 1310. The molecule has 4 rings (SSSR count). The topological polar surface area (TPSA) is 70.1 Å². The predicted octanol–water partition coefficient (Wildman–Crippen LogP) is 5.78. The molecule has 0 radical (unpaired) electrons. The van der Waals surface area contributed by atoms with Crippen LogP contribution in [0.25, 0.3) is 5.76 Å². The van der Waals surface area contributed by atoms with E-state index < -0.39 is 17.7 Å². The molecule has 1 amide bonds. The molecule has 186 valence electrons. The summed E-state index contributed by atoms with van der Waals surface area (Å²) in [6.07, 6.45) is 0. The zero-order valence-electron chi connectivity index (χ0n) is 21.4. The summed E-state index contributed by atoms with van der Waals surface area (Å²) in [4.78, 5) is 30.5. The number of aliphatic hydroxyl groups excluding tert-OH is 1. The molecule has 3 aromatic rings. The molecule has 1 heterocycles. The van der Waals surface area contributed by atoms with Gasteiger partial charge in [0.25, 0.3) is 11.7 Å². The van der Waals surface area contributed by atoms with Gasteiger partial charge in [-0.1, -0.05) is 41.5 Å².